The second kappa shape index (κ2) is 14.0. The van der Waals surface area contributed by atoms with Crippen LogP contribution in [0, 0.1) is 0 Å². The number of carbonyl (C=O) groups is 2. The zero-order valence-electron chi connectivity index (χ0n) is 20.4. The molecule has 0 N–H and O–H groups in total. The summed E-state index contributed by atoms with van der Waals surface area (Å²) in [5.74, 6) is -0.0940. The zero-order chi connectivity index (χ0) is 24.9. The van der Waals surface area contributed by atoms with Gasteiger partial charge in [-0.2, -0.15) is 0 Å². The normalized spacial score (nSPS) is 10.4. The number of ether oxygens (including phenoxy) is 4. The Balaban J connectivity index is 1.88. The molecule has 0 saturated heterocycles. The first-order chi connectivity index (χ1) is 16.3. The molecule has 0 heterocycles. The number of methoxy groups -OCH3 is 1. The van der Waals surface area contributed by atoms with Gasteiger partial charge in [-0.05, 0) is 60.6 Å². The van der Waals surface area contributed by atoms with Gasteiger partial charge in [0, 0.05) is 12.7 Å². The van der Waals surface area contributed by atoms with Crippen LogP contribution in [-0.4, -0.2) is 45.5 Å². The van der Waals surface area contributed by atoms with Gasteiger partial charge in [-0.3, -0.25) is 0 Å². The largest absolute Gasteiger partial charge is 0.490 e. The number of hydrogen-bond acceptors (Lipinski definition) is 6. The van der Waals surface area contributed by atoms with E-state index in [1.165, 1.54) is 18.2 Å². The zero-order valence-corrected chi connectivity index (χ0v) is 20.4. The summed E-state index contributed by atoms with van der Waals surface area (Å²) in [6.45, 7) is 11.9. The standard InChI is InChI=1S/C28H34O6/c1-6-23-18-25(32-16-17-34-28(30)21(4)19-31-5)13-14-26(23)24-11-9-22(10-12-24)8-7-15-33-27(29)20(2)3/h9-14,18H,2,4,6-8,15-17,19H2,1,3,5H3. The van der Waals surface area contributed by atoms with Gasteiger partial charge in [0.05, 0.1) is 18.8 Å². The average Bonchev–Trinajstić information content (AvgIpc) is 2.84. The molecule has 0 atom stereocenters. The third-order valence-electron chi connectivity index (χ3n) is 5.11. The fourth-order valence-electron chi connectivity index (χ4n) is 3.28. The van der Waals surface area contributed by atoms with E-state index < -0.39 is 5.97 Å². The van der Waals surface area contributed by atoms with Gasteiger partial charge in [-0.1, -0.05) is 50.4 Å². The van der Waals surface area contributed by atoms with E-state index in [4.69, 9.17) is 18.9 Å². The van der Waals surface area contributed by atoms with Crippen molar-refractivity contribution in [2.45, 2.75) is 33.1 Å². The van der Waals surface area contributed by atoms with E-state index in [1.54, 1.807) is 6.92 Å². The Morgan fingerprint density at radius 2 is 1.62 bits per heavy atom. The van der Waals surface area contributed by atoms with Crippen molar-refractivity contribution in [2.75, 3.05) is 33.5 Å². The minimum Gasteiger partial charge on any atom is -0.490 e. The van der Waals surface area contributed by atoms with Crippen molar-refractivity contribution in [3.05, 3.63) is 77.9 Å². The Morgan fingerprint density at radius 3 is 2.26 bits per heavy atom. The maximum Gasteiger partial charge on any atom is 0.335 e. The highest BCUT2D eigenvalue weighted by molar-refractivity contribution is 5.88. The molecule has 0 aliphatic carbocycles. The third-order valence-corrected chi connectivity index (χ3v) is 5.11. The lowest BCUT2D eigenvalue weighted by atomic mass is 9.96. The quantitative estimate of drug-likeness (QED) is 0.219. The van der Waals surface area contributed by atoms with Crippen LogP contribution in [0.4, 0.5) is 0 Å². The van der Waals surface area contributed by atoms with Crippen LogP contribution in [0.2, 0.25) is 0 Å². The summed E-state index contributed by atoms with van der Waals surface area (Å²) in [6.07, 6.45) is 2.45. The second-order valence-corrected chi connectivity index (χ2v) is 7.91. The summed E-state index contributed by atoms with van der Waals surface area (Å²) in [5, 5.41) is 0. The van der Waals surface area contributed by atoms with E-state index in [0.717, 1.165) is 36.1 Å². The van der Waals surface area contributed by atoms with Gasteiger partial charge >= 0.3 is 11.9 Å². The molecule has 0 aromatic heterocycles. The molecule has 2 aromatic carbocycles. The lowest BCUT2D eigenvalue weighted by molar-refractivity contribution is -0.140. The lowest BCUT2D eigenvalue weighted by Crippen LogP contribution is -2.15. The minimum atomic E-state index is -0.480. The van der Waals surface area contributed by atoms with Crippen LogP contribution >= 0.6 is 0 Å². The molecule has 0 fully saturated rings. The fraction of sp³-hybridized carbons (Fsp3) is 0.357. The molecular weight excluding hydrogens is 432 g/mol. The summed E-state index contributed by atoms with van der Waals surface area (Å²) in [7, 11) is 1.50. The smallest absolute Gasteiger partial charge is 0.335 e. The topological polar surface area (TPSA) is 71.1 Å². The molecular formula is C28H34O6. The van der Waals surface area contributed by atoms with E-state index in [-0.39, 0.29) is 31.4 Å². The van der Waals surface area contributed by atoms with Gasteiger partial charge in [0.25, 0.3) is 0 Å². The Labute approximate surface area is 202 Å². The van der Waals surface area contributed by atoms with Crippen molar-refractivity contribution in [2.24, 2.45) is 0 Å². The van der Waals surface area contributed by atoms with E-state index in [2.05, 4.69) is 44.3 Å². The van der Waals surface area contributed by atoms with Crippen molar-refractivity contribution in [3.63, 3.8) is 0 Å². The first-order valence-corrected chi connectivity index (χ1v) is 11.4. The fourth-order valence-corrected chi connectivity index (χ4v) is 3.28. The van der Waals surface area contributed by atoms with E-state index >= 15 is 0 Å². The van der Waals surface area contributed by atoms with E-state index in [9.17, 15) is 9.59 Å². The van der Waals surface area contributed by atoms with Gasteiger partial charge in [0.15, 0.2) is 0 Å². The van der Waals surface area contributed by atoms with E-state index in [0.29, 0.717) is 12.2 Å². The minimum absolute atomic E-state index is 0.138. The summed E-state index contributed by atoms with van der Waals surface area (Å²) >= 11 is 0. The second-order valence-electron chi connectivity index (χ2n) is 7.91. The predicted octanol–water partition coefficient (Wildman–Crippen LogP) is 5.09. The highest BCUT2D eigenvalue weighted by Crippen LogP contribution is 2.28. The molecule has 0 bridgehead atoms. The van der Waals surface area contributed by atoms with Crippen LogP contribution in [0.25, 0.3) is 11.1 Å². The molecule has 2 rings (SSSR count). The summed E-state index contributed by atoms with van der Waals surface area (Å²) in [5.41, 5.74) is 5.33. The summed E-state index contributed by atoms with van der Waals surface area (Å²) in [4.78, 5) is 23.1. The first-order valence-electron chi connectivity index (χ1n) is 11.4. The van der Waals surface area contributed by atoms with Crippen LogP contribution in [0.1, 0.15) is 31.4 Å². The Kier molecular flexibility index (Phi) is 11.1. The van der Waals surface area contributed by atoms with Crippen molar-refractivity contribution >= 4 is 11.9 Å². The van der Waals surface area contributed by atoms with Crippen LogP contribution < -0.4 is 4.74 Å². The Bertz CT molecular complexity index is 990. The molecule has 182 valence electrons. The number of carbonyl (C=O) groups excluding carboxylic acids is 2. The van der Waals surface area contributed by atoms with Gasteiger partial charge in [-0.15, -0.1) is 0 Å². The highest BCUT2D eigenvalue weighted by Gasteiger charge is 2.09. The first kappa shape index (κ1) is 26.9. The highest BCUT2D eigenvalue weighted by atomic mass is 16.6. The molecule has 0 aliphatic heterocycles. The SMILES string of the molecule is C=C(C)C(=O)OCCCc1ccc(-c2ccc(OCCOC(=O)C(=C)COC)cc2CC)cc1. The van der Waals surface area contributed by atoms with Gasteiger partial charge in [0.2, 0.25) is 0 Å². The van der Waals surface area contributed by atoms with Crippen molar-refractivity contribution in [1.29, 1.82) is 0 Å². The summed E-state index contributed by atoms with van der Waals surface area (Å²) < 4.78 is 20.9. The molecule has 6 nitrogen and oxygen atoms in total. The third kappa shape index (κ3) is 8.52. The van der Waals surface area contributed by atoms with Crippen LogP contribution in [0.3, 0.4) is 0 Å². The lowest BCUT2D eigenvalue weighted by Gasteiger charge is -2.13. The van der Waals surface area contributed by atoms with Gasteiger partial charge in [0.1, 0.15) is 19.0 Å². The van der Waals surface area contributed by atoms with Crippen LogP contribution in [-0.2, 0) is 36.6 Å². The molecule has 0 aliphatic rings. The molecule has 0 saturated carbocycles. The molecule has 2 aromatic rings. The monoisotopic (exact) mass is 466 g/mol. The maximum atomic E-state index is 11.7. The Morgan fingerprint density at radius 1 is 0.912 bits per heavy atom. The molecule has 0 amide bonds. The average molecular weight is 467 g/mol. The Hall–Kier alpha value is -3.38. The number of benzene rings is 2. The molecule has 0 unspecified atom stereocenters. The van der Waals surface area contributed by atoms with Crippen molar-refractivity contribution in [1.82, 2.24) is 0 Å². The molecule has 0 spiro atoms. The maximum absolute atomic E-state index is 11.7. The predicted molar refractivity (Wildman–Crippen MR) is 133 cm³/mol. The molecule has 6 heteroatoms. The van der Waals surface area contributed by atoms with Gasteiger partial charge in [-0.25, -0.2) is 9.59 Å². The van der Waals surface area contributed by atoms with Gasteiger partial charge < -0.3 is 18.9 Å². The molecule has 0 radical (unpaired) electrons. The van der Waals surface area contributed by atoms with Crippen LogP contribution in [0.5, 0.6) is 5.75 Å². The number of rotatable bonds is 14. The van der Waals surface area contributed by atoms with Crippen molar-refractivity contribution in [3.8, 4) is 16.9 Å². The van der Waals surface area contributed by atoms with Crippen LogP contribution in [0.15, 0.2) is 66.8 Å². The van der Waals surface area contributed by atoms with Crippen molar-refractivity contribution < 1.29 is 28.5 Å². The molecule has 34 heavy (non-hydrogen) atoms. The number of esters is 2. The number of aryl methyl sites for hydroxylation is 2. The summed E-state index contributed by atoms with van der Waals surface area (Å²) in [6, 6.07) is 14.4. The number of hydrogen-bond donors (Lipinski definition) is 0. The van der Waals surface area contributed by atoms with E-state index in [1.807, 2.05) is 18.2 Å².